The maximum absolute atomic E-state index is 10.6. The van der Waals surface area contributed by atoms with Crippen LogP contribution in [-0.4, -0.2) is 22.8 Å². The maximum atomic E-state index is 10.6. The van der Waals surface area contributed by atoms with Crippen LogP contribution in [-0.2, 0) is 0 Å². The molecule has 1 aromatic carbocycles. The molecule has 0 saturated carbocycles. The number of carboxylic acids is 1. The molecule has 1 aromatic rings. The molecule has 0 heterocycles. The normalized spacial score (nSPS) is 11.6. The molecule has 0 amide bonds. The van der Waals surface area contributed by atoms with Gasteiger partial charge in [0.15, 0.2) is 0 Å². The minimum atomic E-state index is -0.994. The Morgan fingerprint density at radius 1 is 1.50 bits per heavy atom. The van der Waals surface area contributed by atoms with Crippen molar-refractivity contribution in [2.45, 2.75) is 6.04 Å². The fourth-order valence-corrected chi connectivity index (χ4v) is 1.01. The Bertz CT molecular complexity index is 317. The molecule has 5 heteroatoms. The fourth-order valence-electron chi connectivity index (χ4n) is 1.01. The molecule has 1 atom stereocenters. The number of halogens is 1. The summed E-state index contributed by atoms with van der Waals surface area (Å²) in [6, 6.07) is 5.72. The summed E-state index contributed by atoms with van der Waals surface area (Å²) in [5, 5.41) is 17.4. The van der Waals surface area contributed by atoms with Gasteiger partial charge in [0.1, 0.15) is 0 Å². The van der Waals surface area contributed by atoms with Crippen molar-refractivity contribution in [1.82, 2.24) is 0 Å². The van der Waals surface area contributed by atoms with Crippen LogP contribution in [0.25, 0.3) is 0 Å². The Morgan fingerprint density at radius 3 is 2.64 bits per heavy atom. The molecule has 0 bridgehead atoms. The first-order valence-electron chi connectivity index (χ1n) is 3.85. The Labute approximate surface area is 87.8 Å². The highest BCUT2D eigenvalue weighted by molar-refractivity contribution is 5.87. The molecule has 1 rings (SSSR count). The van der Waals surface area contributed by atoms with Gasteiger partial charge in [0, 0.05) is 0 Å². The smallest absolute Gasteiger partial charge is 0.335 e. The fraction of sp³-hybridized carbons (Fsp3) is 0.222. The van der Waals surface area contributed by atoms with Crippen LogP contribution in [0.3, 0.4) is 0 Å². The molecular weight excluding hydrogens is 206 g/mol. The SMILES string of the molecule is Cl.N[C@H](CO)c1cccc(C(=O)O)c1. The Balaban J connectivity index is 0.00000169. The van der Waals surface area contributed by atoms with Crippen LogP contribution in [0.5, 0.6) is 0 Å². The van der Waals surface area contributed by atoms with E-state index in [2.05, 4.69) is 0 Å². The molecule has 78 valence electrons. The molecule has 0 aromatic heterocycles. The molecule has 14 heavy (non-hydrogen) atoms. The number of aromatic carboxylic acids is 1. The number of carboxylic acid groups (broad SMARTS) is 1. The predicted molar refractivity (Wildman–Crippen MR) is 54.7 cm³/mol. The zero-order valence-corrected chi connectivity index (χ0v) is 8.20. The van der Waals surface area contributed by atoms with Crippen molar-refractivity contribution in [3.8, 4) is 0 Å². The molecule has 0 radical (unpaired) electrons. The van der Waals surface area contributed by atoms with Crippen molar-refractivity contribution >= 4 is 18.4 Å². The van der Waals surface area contributed by atoms with Gasteiger partial charge in [0.05, 0.1) is 18.2 Å². The molecule has 0 aliphatic carbocycles. The molecule has 4 nitrogen and oxygen atoms in total. The van der Waals surface area contributed by atoms with Gasteiger partial charge in [-0.1, -0.05) is 12.1 Å². The number of carbonyl (C=O) groups is 1. The van der Waals surface area contributed by atoms with Crippen molar-refractivity contribution in [3.63, 3.8) is 0 Å². The van der Waals surface area contributed by atoms with Gasteiger partial charge in [-0.3, -0.25) is 0 Å². The van der Waals surface area contributed by atoms with E-state index in [0.29, 0.717) is 5.56 Å². The lowest BCUT2D eigenvalue weighted by molar-refractivity contribution is 0.0696. The van der Waals surface area contributed by atoms with E-state index in [-0.39, 0.29) is 24.6 Å². The number of rotatable bonds is 3. The van der Waals surface area contributed by atoms with Crippen molar-refractivity contribution in [1.29, 1.82) is 0 Å². The van der Waals surface area contributed by atoms with Crippen molar-refractivity contribution in [3.05, 3.63) is 35.4 Å². The molecular formula is C9H12ClNO3. The van der Waals surface area contributed by atoms with Gasteiger partial charge in [-0.05, 0) is 17.7 Å². The number of hydrogen-bond acceptors (Lipinski definition) is 3. The topological polar surface area (TPSA) is 83.5 Å². The second kappa shape index (κ2) is 5.59. The van der Waals surface area contributed by atoms with Crippen LogP contribution >= 0.6 is 12.4 Å². The van der Waals surface area contributed by atoms with Crippen LogP contribution in [0.4, 0.5) is 0 Å². The molecule has 0 saturated heterocycles. The van der Waals surface area contributed by atoms with Crippen molar-refractivity contribution in [2.75, 3.05) is 6.61 Å². The van der Waals surface area contributed by atoms with Gasteiger partial charge < -0.3 is 15.9 Å². The molecule has 0 spiro atoms. The predicted octanol–water partition coefficient (Wildman–Crippen LogP) is 0.799. The standard InChI is InChI=1S/C9H11NO3.ClH/c10-8(5-11)6-2-1-3-7(4-6)9(12)13;/h1-4,8,11H,5,10H2,(H,12,13);1H/t8-;/m1./s1. The van der Waals surface area contributed by atoms with Gasteiger partial charge in [0.25, 0.3) is 0 Å². The van der Waals surface area contributed by atoms with Gasteiger partial charge >= 0.3 is 5.97 Å². The first-order valence-corrected chi connectivity index (χ1v) is 3.85. The zero-order valence-electron chi connectivity index (χ0n) is 7.38. The van der Waals surface area contributed by atoms with Crippen LogP contribution in [0.15, 0.2) is 24.3 Å². The number of nitrogens with two attached hydrogens (primary N) is 1. The van der Waals surface area contributed by atoms with Crippen molar-refractivity contribution in [2.24, 2.45) is 5.73 Å². The van der Waals surface area contributed by atoms with Crippen LogP contribution in [0.1, 0.15) is 22.0 Å². The first-order chi connectivity index (χ1) is 6.15. The summed E-state index contributed by atoms with van der Waals surface area (Å²) in [6.07, 6.45) is 0. The summed E-state index contributed by atoms with van der Waals surface area (Å²) < 4.78 is 0. The third-order valence-electron chi connectivity index (χ3n) is 1.76. The van der Waals surface area contributed by atoms with E-state index in [9.17, 15) is 4.79 Å². The Hall–Kier alpha value is -1.10. The summed E-state index contributed by atoms with van der Waals surface area (Å²) in [5.41, 5.74) is 6.33. The van der Waals surface area contributed by atoms with E-state index >= 15 is 0 Å². The van der Waals surface area contributed by atoms with Gasteiger partial charge in [-0.2, -0.15) is 0 Å². The molecule has 0 unspecified atom stereocenters. The van der Waals surface area contributed by atoms with Crippen LogP contribution in [0.2, 0.25) is 0 Å². The molecule has 0 aliphatic rings. The minimum absolute atomic E-state index is 0. The number of aliphatic hydroxyl groups excluding tert-OH is 1. The zero-order chi connectivity index (χ0) is 9.84. The van der Waals surface area contributed by atoms with Gasteiger partial charge in [-0.25, -0.2) is 4.79 Å². The van der Waals surface area contributed by atoms with Gasteiger partial charge in [-0.15, -0.1) is 12.4 Å². The lowest BCUT2D eigenvalue weighted by atomic mass is 10.1. The average molecular weight is 218 g/mol. The molecule has 0 fully saturated rings. The second-order valence-corrected chi connectivity index (χ2v) is 2.72. The van der Waals surface area contributed by atoms with Crippen molar-refractivity contribution < 1.29 is 15.0 Å². The number of aliphatic hydroxyl groups is 1. The van der Waals surface area contributed by atoms with E-state index in [4.69, 9.17) is 15.9 Å². The minimum Gasteiger partial charge on any atom is -0.478 e. The summed E-state index contributed by atoms with van der Waals surface area (Å²) in [7, 11) is 0. The average Bonchev–Trinajstić information content (AvgIpc) is 2.17. The van der Waals surface area contributed by atoms with E-state index in [1.54, 1.807) is 12.1 Å². The van der Waals surface area contributed by atoms with Gasteiger partial charge in [0.2, 0.25) is 0 Å². The molecule has 4 N–H and O–H groups in total. The third-order valence-corrected chi connectivity index (χ3v) is 1.76. The summed E-state index contributed by atoms with van der Waals surface area (Å²) in [6.45, 7) is -0.191. The lowest BCUT2D eigenvalue weighted by Crippen LogP contribution is -2.14. The van der Waals surface area contributed by atoms with Crippen LogP contribution in [0, 0.1) is 0 Å². The third kappa shape index (κ3) is 2.99. The Morgan fingerprint density at radius 2 is 2.14 bits per heavy atom. The summed E-state index contributed by atoms with van der Waals surface area (Å²) >= 11 is 0. The second-order valence-electron chi connectivity index (χ2n) is 2.72. The number of benzene rings is 1. The molecule has 0 aliphatic heterocycles. The lowest BCUT2D eigenvalue weighted by Gasteiger charge is -2.08. The highest BCUT2D eigenvalue weighted by atomic mass is 35.5. The highest BCUT2D eigenvalue weighted by Crippen LogP contribution is 2.11. The Kier molecular flexibility index (Phi) is 5.15. The van der Waals surface area contributed by atoms with E-state index in [0.717, 1.165) is 0 Å². The monoisotopic (exact) mass is 217 g/mol. The van der Waals surface area contributed by atoms with E-state index < -0.39 is 12.0 Å². The summed E-state index contributed by atoms with van der Waals surface area (Å²) in [5.74, 6) is -0.994. The maximum Gasteiger partial charge on any atom is 0.335 e. The highest BCUT2D eigenvalue weighted by Gasteiger charge is 2.07. The summed E-state index contributed by atoms with van der Waals surface area (Å²) in [4.78, 5) is 10.6. The van der Waals surface area contributed by atoms with E-state index in [1.165, 1.54) is 12.1 Å². The number of hydrogen-bond donors (Lipinski definition) is 3. The van der Waals surface area contributed by atoms with E-state index in [1.807, 2.05) is 0 Å². The first kappa shape index (κ1) is 12.9. The largest absolute Gasteiger partial charge is 0.478 e. The van der Waals surface area contributed by atoms with Crippen LogP contribution < -0.4 is 5.73 Å². The quantitative estimate of drug-likeness (QED) is 0.699.